The third-order valence-electron chi connectivity index (χ3n) is 7.16. The number of benzene rings is 2. The third-order valence-corrected chi connectivity index (χ3v) is 8.91. The molecule has 1 saturated carbocycles. The van der Waals surface area contributed by atoms with Crippen LogP contribution in [0.15, 0.2) is 65.7 Å². The van der Waals surface area contributed by atoms with E-state index in [1.807, 2.05) is 17.0 Å². The zero-order chi connectivity index (χ0) is 26.4. The topological polar surface area (TPSA) is 79.4 Å². The first-order valence-corrected chi connectivity index (χ1v) is 13.7. The van der Waals surface area contributed by atoms with Crippen molar-refractivity contribution in [2.45, 2.75) is 49.3 Å². The van der Waals surface area contributed by atoms with Crippen LogP contribution in [0.25, 0.3) is 0 Å². The molecule has 1 amide bonds. The second-order valence-electron chi connectivity index (χ2n) is 9.64. The Labute approximate surface area is 213 Å². The molecule has 1 aromatic heterocycles. The summed E-state index contributed by atoms with van der Waals surface area (Å²) in [5, 5.41) is 2.87. The average Bonchev–Trinajstić information content (AvgIpc) is 3.66. The fraction of sp³-hybridized carbons (Fsp3) is 0.333. The van der Waals surface area contributed by atoms with Crippen LogP contribution in [0.2, 0.25) is 0 Å². The standard InChI is InChI=1S/C27H26F3N3O3S/c1-2-37(35,36)22-7-3-18(4-8-22)14-32-25(34)19-5-9-23-20(13-19)16-33(17-26(23)11-12-26)24-10-6-21(15-31-24)27(28,29)30/h3-10,13,15H,2,11-12,14,16-17H2,1H3,(H,32,34). The quantitative estimate of drug-likeness (QED) is 0.493. The first-order chi connectivity index (χ1) is 17.5. The Hall–Kier alpha value is -3.40. The molecule has 2 aliphatic rings. The molecular weight excluding hydrogens is 503 g/mol. The number of nitrogens with one attached hydrogen (secondary N) is 1. The number of fused-ring (bicyclic) bond motifs is 2. The van der Waals surface area contributed by atoms with Gasteiger partial charge < -0.3 is 10.2 Å². The van der Waals surface area contributed by atoms with Gasteiger partial charge in [-0.2, -0.15) is 13.2 Å². The predicted molar refractivity (Wildman–Crippen MR) is 133 cm³/mol. The van der Waals surface area contributed by atoms with E-state index in [0.717, 1.165) is 36.2 Å². The van der Waals surface area contributed by atoms with Gasteiger partial charge in [-0.25, -0.2) is 13.4 Å². The highest BCUT2D eigenvalue weighted by Gasteiger charge is 2.49. The maximum absolute atomic E-state index is 12.9. The Kier molecular flexibility index (Phi) is 6.26. The van der Waals surface area contributed by atoms with E-state index in [1.165, 1.54) is 23.8 Å². The number of sulfone groups is 1. The lowest BCUT2D eigenvalue weighted by Crippen LogP contribution is -2.38. The number of aromatic nitrogens is 1. The van der Waals surface area contributed by atoms with E-state index in [2.05, 4.69) is 10.3 Å². The van der Waals surface area contributed by atoms with Gasteiger partial charge in [-0.3, -0.25) is 4.79 Å². The molecule has 0 saturated heterocycles. The lowest BCUT2D eigenvalue weighted by Gasteiger charge is -2.36. The van der Waals surface area contributed by atoms with Crippen LogP contribution in [0.5, 0.6) is 0 Å². The minimum atomic E-state index is -4.44. The van der Waals surface area contributed by atoms with Crippen molar-refractivity contribution >= 4 is 21.6 Å². The number of rotatable bonds is 6. The SMILES string of the molecule is CCS(=O)(=O)c1ccc(CNC(=O)c2ccc3c(c2)CN(c2ccc(C(F)(F)F)cn2)CC32CC2)cc1. The number of alkyl halides is 3. The van der Waals surface area contributed by atoms with Crippen molar-refractivity contribution in [2.24, 2.45) is 0 Å². The minimum Gasteiger partial charge on any atom is -0.351 e. The van der Waals surface area contributed by atoms with Crippen molar-refractivity contribution in [3.05, 3.63) is 88.6 Å². The van der Waals surface area contributed by atoms with Crippen molar-refractivity contribution in [1.29, 1.82) is 0 Å². The van der Waals surface area contributed by atoms with Crippen LogP contribution in [0.1, 0.15) is 52.4 Å². The number of hydrogen-bond donors (Lipinski definition) is 1. The number of hydrogen-bond acceptors (Lipinski definition) is 5. The second kappa shape index (κ2) is 9.16. The summed E-state index contributed by atoms with van der Waals surface area (Å²) in [7, 11) is -3.28. The predicted octanol–water partition coefficient (Wildman–Crippen LogP) is 4.88. The Morgan fingerprint density at radius 2 is 1.81 bits per heavy atom. The van der Waals surface area contributed by atoms with Crippen molar-refractivity contribution < 1.29 is 26.4 Å². The summed E-state index contributed by atoms with van der Waals surface area (Å²) >= 11 is 0. The molecule has 1 N–H and O–H groups in total. The zero-order valence-corrected chi connectivity index (χ0v) is 21.0. The van der Waals surface area contributed by atoms with Gasteiger partial charge in [0.2, 0.25) is 0 Å². The minimum absolute atomic E-state index is 0.0229. The summed E-state index contributed by atoms with van der Waals surface area (Å²) in [6.45, 7) is 2.96. The average molecular weight is 530 g/mol. The molecule has 2 heterocycles. The van der Waals surface area contributed by atoms with Crippen LogP contribution in [0, 0.1) is 0 Å². The molecule has 1 aliphatic carbocycles. The molecule has 0 bridgehead atoms. The lowest BCUT2D eigenvalue weighted by atomic mass is 9.86. The highest BCUT2D eigenvalue weighted by molar-refractivity contribution is 7.91. The fourth-order valence-corrected chi connectivity index (χ4v) is 5.73. The molecule has 37 heavy (non-hydrogen) atoms. The molecular formula is C27H26F3N3O3S. The van der Waals surface area contributed by atoms with Gasteiger partial charge in [-0.15, -0.1) is 0 Å². The molecule has 1 spiro atoms. The largest absolute Gasteiger partial charge is 0.417 e. The van der Waals surface area contributed by atoms with Crippen LogP contribution in [0.3, 0.4) is 0 Å². The molecule has 3 aromatic rings. The van der Waals surface area contributed by atoms with E-state index in [0.29, 0.717) is 24.5 Å². The molecule has 1 fully saturated rings. The first-order valence-electron chi connectivity index (χ1n) is 12.0. The van der Waals surface area contributed by atoms with Crippen LogP contribution < -0.4 is 10.2 Å². The van der Waals surface area contributed by atoms with E-state index < -0.39 is 21.6 Å². The number of amides is 1. The summed E-state index contributed by atoms with van der Waals surface area (Å²) < 4.78 is 62.8. The van der Waals surface area contributed by atoms with Gasteiger partial charge in [0.25, 0.3) is 5.91 Å². The Morgan fingerprint density at radius 1 is 1.08 bits per heavy atom. The molecule has 5 rings (SSSR count). The number of nitrogens with zero attached hydrogens (tertiary/aromatic N) is 2. The highest BCUT2D eigenvalue weighted by atomic mass is 32.2. The first kappa shape index (κ1) is 25.3. The Bertz CT molecular complexity index is 1430. The van der Waals surface area contributed by atoms with Gasteiger partial charge in [0.1, 0.15) is 5.82 Å². The maximum atomic E-state index is 12.9. The molecule has 0 atom stereocenters. The summed E-state index contributed by atoms with van der Waals surface area (Å²) in [4.78, 5) is 19.2. The van der Waals surface area contributed by atoms with E-state index in [9.17, 15) is 26.4 Å². The molecule has 194 valence electrons. The number of pyridine rings is 1. The summed E-state index contributed by atoms with van der Waals surface area (Å²) in [6.07, 6.45) is -1.62. The smallest absolute Gasteiger partial charge is 0.351 e. The highest BCUT2D eigenvalue weighted by Crippen LogP contribution is 2.53. The van der Waals surface area contributed by atoms with Gasteiger partial charge >= 0.3 is 6.18 Å². The normalized spacial score (nSPS) is 16.4. The third kappa shape index (κ3) is 5.07. The molecule has 0 unspecified atom stereocenters. The molecule has 2 aromatic carbocycles. The Morgan fingerprint density at radius 3 is 2.41 bits per heavy atom. The van der Waals surface area contributed by atoms with Crippen molar-refractivity contribution in [2.75, 3.05) is 17.2 Å². The van der Waals surface area contributed by atoms with Crippen molar-refractivity contribution in [3.8, 4) is 0 Å². The molecule has 1 aliphatic heterocycles. The van der Waals surface area contributed by atoms with E-state index in [1.54, 1.807) is 25.1 Å². The number of carbonyl (C=O) groups is 1. The number of anilines is 1. The van der Waals surface area contributed by atoms with E-state index >= 15 is 0 Å². The summed E-state index contributed by atoms with van der Waals surface area (Å²) in [5.74, 6) is 0.241. The van der Waals surface area contributed by atoms with E-state index in [-0.39, 0.29) is 28.5 Å². The van der Waals surface area contributed by atoms with Gasteiger partial charge in [0.15, 0.2) is 9.84 Å². The van der Waals surface area contributed by atoms with Crippen LogP contribution >= 0.6 is 0 Å². The van der Waals surface area contributed by atoms with Crippen molar-refractivity contribution in [1.82, 2.24) is 10.3 Å². The van der Waals surface area contributed by atoms with Gasteiger partial charge in [-0.05, 0) is 65.9 Å². The number of carbonyl (C=O) groups excluding carboxylic acids is 1. The van der Waals surface area contributed by atoms with Gasteiger partial charge in [0, 0.05) is 36.8 Å². The van der Waals surface area contributed by atoms with Gasteiger partial charge in [-0.1, -0.05) is 25.1 Å². The number of halogens is 3. The van der Waals surface area contributed by atoms with Gasteiger partial charge in [0.05, 0.1) is 16.2 Å². The summed E-state index contributed by atoms with van der Waals surface area (Å²) in [5.41, 5.74) is 2.57. The van der Waals surface area contributed by atoms with Crippen LogP contribution in [-0.4, -0.2) is 31.6 Å². The lowest BCUT2D eigenvalue weighted by molar-refractivity contribution is -0.137. The Balaban J connectivity index is 1.30. The zero-order valence-electron chi connectivity index (χ0n) is 20.2. The molecule has 0 radical (unpaired) electrons. The summed E-state index contributed by atoms with van der Waals surface area (Å²) in [6, 6.07) is 14.5. The van der Waals surface area contributed by atoms with Crippen molar-refractivity contribution in [3.63, 3.8) is 0 Å². The van der Waals surface area contributed by atoms with Crippen LogP contribution in [-0.2, 0) is 34.5 Å². The fourth-order valence-electron chi connectivity index (χ4n) is 4.84. The monoisotopic (exact) mass is 529 g/mol. The molecule has 6 nitrogen and oxygen atoms in total. The maximum Gasteiger partial charge on any atom is 0.417 e. The second-order valence-corrected chi connectivity index (χ2v) is 11.9. The van der Waals surface area contributed by atoms with E-state index in [4.69, 9.17) is 0 Å². The van der Waals surface area contributed by atoms with Crippen LogP contribution in [0.4, 0.5) is 19.0 Å². The molecule has 10 heteroatoms.